The Kier molecular flexibility index (Phi) is 15.3. The van der Waals surface area contributed by atoms with Gasteiger partial charge in [-0.05, 0) is 115 Å². The van der Waals surface area contributed by atoms with Gasteiger partial charge in [-0.15, -0.1) is 54.1 Å². The first kappa shape index (κ1) is 49.6. The maximum Gasteiger partial charge on any atom is 0.242 e. The molecule has 0 unspecified atom stereocenters. The minimum absolute atomic E-state index is 0. The summed E-state index contributed by atoms with van der Waals surface area (Å²) in [4.78, 5) is 8.96. The van der Waals surface area contributed by atoms with E-state index in [9.17, 15) is 0 Å². The fraction of sp³-hybridized carbons (Fsp3) is 0.246. The Labute approximate surface area is 459 Å². The molecule has 3 heterocycles. The van der Waals surface area contributed by atoms with Crippen molar-refractivity contribution in [2.24, 2.45) is 0 Å². The second kappa shape index (κ2) is 22.9. The van der Waals surface area contributed by atoms with Crippen molar-refractivity contribution in [2.45, 2.75) is 112 Å². The van der Waals surface area contributed by atoms with Crippen molar-refractivity contribution in [3.05, 3.63) is 222 Å². The third-order valence-electron chi connectivity index (χ3n) is 14.2. The van der Waals surface area contributed by atoms with Gasteiger partial charge in [0, 0.05) is 42.0 Å². The standard InChI is InChI=1S/C57H59BNO.C12H10N.Ir/c1-35(2)48-29-41(39-19-14-12-15-20-39)30-49(36(3)4)54(48)58(55-50(37(5)6)31-42(32-51(55)38(7)8)40-21-16-13-17-22-40)44-25-26-45-46-23-18-24-47(56(46)60-53(45)34-44)52-33-43(27-28-59-52)57(9,10)11;1-10-7-8-12(13-9-10)11-5-3-2-4-6-11;/h12-23,25-38H,1-11H3;2-5,7-9H,1H3;/q2*-1;/i;1D3;. The van der Waals surface area contributed by atoms with Crippen LogP contribution in [0, 0.1) is 19.0 Å². The molecule has 0 fully saturated rings. The predicted octanol–water partition coefficient (Wildman–Crippen LogP) is 16.9. The Bertz CT molecular complexity index is 3450. The molecule has 7 aromatic carbocycles. The first-order chi connectivity index (χ1) is 36.3. The Hall–Kier alpha value is -6.65. The summed E-state index contributed by atoms with van der Waals surface area (Å²) < 4.78 is 28.7. The van der Waals surface area contributed by atoms with Gasteiger partial charge in [0.2, 0.25) is 6.71 Å². The zero-order chi connectivity index (χ0) is 54.1. The van der Waals surface area contributed by atoms with Crippen LogP contribution in [0.15, 0.2) is 181 Å². The molecule has 0 amide bonds. The topological polar surface area (TPSA) is 38.9 Å². The van der Waals surface area contributed by atoms with Gasteiger partial charge in [-0.1, -0.05) is 219 Å². The molecule has 0 bridgehead atoms. The number of fused-ring (bicyclic) bond motifs is 3. The number of rotatable bonds is 11. The normalized spacial score (nSPS) is 12.4. The van der Waals surface area contributed by atoms with Gasteiger partial charge in [-0.3, -0.25) is 0 Å². The molecule has 10 aromatic rings. The third kappa shape index (κ3) is 11.4. The smallest absolute Gasteiger partial charge is 0.242 e. The van der Waals surface area contributed by atoms with Crippen molar-refractivity contribution < 1.29 is 28.6 Å². The van der Waals surface area contributed by atoms with Crippen molar-refractivity contribution >= 4 is 45.0 Å². The predicted molar refractivity (Wildman–Crippen MR) is 313 cm³/mol. The second-order valence-electron chi connectivity index (χ2n) is 21.8. The van der Waals surface area contributed by atoms with E-state index in [0.717, 1.165) is 44.5 Å². The number of nitrogens with zero attached hydrogens (tertiary/aromatic N) is 2. The van der Waals surface area contributed by atoms with Crippen LogP contribution in [0.1, 0.15) is 137 Å². The Morgan fingerprint density at radius 2 is 1.09 bits per heavy atom. The summed E-state index contributed by atoms with van der Waals surface area (Å²) in [6.45, 7) is 23.5. The second-order valence-corrected chi connectivity index (χ2v) is 21.8. The van der Waals surface area contributed by atoms with Crippen LogP contribution >= 0.6 is 0 Å². The molecule has 0 aliphatic carbocycles. The number of hydrogen-bond acceptors (Lipinski definition) is 3. The van der Waals surface area contributed by atoms with Gasteiger partial charge in [0.05, 0.1) is 5.58 Å². The van der Waals surface area contributed by atoms with Crippen LogP contribution in [0.2, 0.25) is 0 Å². The van der Waals surface area contributed by atoms with Crippen molar-refractivity contribution in [1.82, 2.24) is 9.97 Å². The molecular weight excluding hydrogens is 1080 g/mol. The summed E-state index contributed by atoms with van der Waals surface area (Å²) in [5.74, 6) is 1.17. The monoisotopic (exact) mass is 1150 g/mol. The summed E-state index contributed by atoms with van der Waals surface area (Å²) >= 11 is 0. The van der Waals surface area contributed by atoms with Gasteiger partial charge in [-0.2, -0.15) is 0 Å². The number of hydrogen-bond donors (Lipinski definition) is 0. The van der Waals surface area contributed by atoms with Crippen molar-refractivity contribution in [1.29, 1.82) is 0 Å². The molecule has 3 aromatic heterocycles. The SMILES string of the molecule is CC(C)c1cc(-c2ccccc2)cc(C(C)C)c1B(c1ccc2c(c1)oc1c(-c3cc(C(C)(C)C)ccn3)[c-]ccc12)c1c(C(C)C)cc(-c2ccccc2)cc1C(C)C.[2H]C([2H])([2H])c1ccc(-c2[c-]cccc2)nc1.[Ir]. The zero-order valence-corrected chi connectivity index (χ0v) is 47.2. The first-order valence-electron chi connectivity index (χ1n) is 27.5. The van der Waals surface area contributed by atoms with Crippen LogP contribution in [0.4, 0.5) is 0 Å². The molecule has 0 atom stereocenters. The molecule has 0 saturated heterocycles. The van der Waals surface area contributed by atoms with Gasteiger partial charge in [0.25, 0.3) is 0 Å². The quantitative estimate of drug-likeness (QED) is 0.0957. The van der Waals surface area contributed by atoms with Gasteiger partial charge >= 0.3 is 0 Å². The maximum atomic E-state index is 7.23. The van der Waals surface area contributed by atoms with Crippen LogP contribution < -0.4 is 16.4 Å². The summed E-state index contributed by atoms with van der Waals surface area (Å²) in [5.41, 5.74) is 21.3. The van der Waals surface area contributed by atoms with Crippen molar-refractivity contribution in [3.8, 4) is 44.8 Å². The van der Waals surface area contributed by atoms with E-state index in [1.807, 2.05) is 30.5 Å². The number of benzene rings is 7. The Morgan fingerprint density at radius 3 is 1.58 bits per heavy atom. The van der Waals surface area contributed by atoms with E-state index in [1.54, 1.807) is 18.2 Å². The minimum Gasteiger partial charge on any atom is -0.501 e. The summed E-state index contributed by atoms with van der Waals surface area (Å²) in [6, 6.07) is 64.5. The maximum absolute atomic E-state index is 7.23. The number of furan rings is 1. The van der Waals surface area contributed by atoms with E-state index in [0.29, 0.717) is 23.7 Å². The van der Waals surface area contributed by atoms with Crippen LogP contribution in [-0.4, -0.2) is 16.7 Å². The number of pyridine rings is 2. The van der Waals surface area contributed by atoms with E-state index in [2.05, 4.69) is 215 Å². The number of aromatic nitrogens is 2. The van der Waals surface area contributed by atoms with Gasteiger partial charge in [0.1, 0.15) is 5.58 Å². The van der Waals surface area contributed by atoms with E-state index >= 15 is 0 Å². The number of aryl methyl sites for hydroxylation is 1. The zero-order valence-electron chi connectivity index (χ0n) is 47.8. The third-order valence-corrected chi connectivity index (χ3v) is 14.2. The van der Waals surface area contributed by atoms with Gasteiger partial charge in [-0.25, -0.2) is 0 Å². The van der Waals surface area contributed by atoms with Crippen LogP contribution in [0.3, 0.4) is 0 Å². The van der Waals surface area contributed by atoms with Crippen molar-refractivity contribution in [3.63, 3.8) is 0 Å². The minimum atomic E-state index is -2.09. The van der Waals surface area contributed by atoms with Crippen LogP contribution in [-0.2, 0) is 25.5 Å². The fourth-order valence-corrected chi connectivity index (χ4v) is 10.3. The molecule has 0 spiro atoms. The van der Waals surface area contributed by atoms with Crippen LogP contribution in [0.5, 0.6) is 0 Å². The summed E-state index contributed by atoms with van der Waals surface area (Å²) in [5, 5.41) is 2.19. The van der Waals surface area contributed by atoms with E-state index in [4.69, 9.17) is 13.5 Å². The van der Waals surface area contributed by atoms with Gasteiger partial charge < -0.3 is 14.4 Å². The molecule has 1 radical (unpaired) electrons. The van der Waals surface area contributed by atoms with E-state index < -0.39 is 6.85 Å². The summed E-state index contributed by atoms with van der Waals surface area (Å²) in [6.07, 6.45) is 3.31. The van der Waals surface area contributed by atoms with Gasteiger partial charge in [0.15, 0.2) is 0 Å². The average Bonchev–Trinajstić information content (AvgIpc) is 3.89. The van der Waals surface area contributed by atoms with E-state index in [-0.39, 0.29) is 37.8 Å². The fourth-order valence-electron chi connectivity index (χ4n) is 10.3. The molecule has 0 saturated carbocycles. The van der Waals surface area contributed by atoms with Crippen molar-refractivity contribution in [2.75, 3.05) is 0 Å². The molecule has 74 heavy (non-hydrogen) atoms. The Balaban J connectivity index is 0.000000394. The molecule has 0 aliphatic heterocycles. The molecule has 3 nitrogen and oxygen atoms in total. The molecule has 375 valence electrons. The summed E-state index contributed by atoms with van der Waals surface area (Å²) in [7, 11) is 0. The molecule has 0 N–H and O–H groups in total. The first-order valence-corrected chi connectivity index (χ1v) is 26.0. The molecule has 10 rings (SSSR count). The molecule has 5 heteroatoms. The molecule has 0 aliphatic rings. The van der Waals surface area contributed by atoms with E-state index in [1.165, 1.54) is 72.7 Å². The Morgan fingerprint density at radius 1 is 0.527 bits per heavy atom. The largest absolute Gasteiger partial charge is 0.501 e. The average molecular weight is 1150 g/mol. The van der Waals surface area contributed by atoms with Crippen LogP contribution in [0.25, 0.3) is 66.7 Å². The molecular formula is C69H69BIrN2O-2.